The number of rotatable bonds is 1. The second kappa shape index (κ2) is 7.40. The highest BCUT2D eigenvalue weighted by Crippen LogP contribution is 2.56. The zero-order valence-electron chi connectivity index (χ0n) is 23.1. The van der Waals surface area contributed by atoms with Crippen molar-refractivity contribution in [2.45, 2.75) is 96.9 Å². The number of carbonyl (C=O) groups is 2. The maximum atomic E-state index is 13.6. The van der Waals surface area contributed by atoms with Gasteiger partial charge in [0.2, 0.25) is 0 Å². The summed E-state index contributed by atoms with van der Waals surface area (Å²) in [5, 5.41) is 0. The van der Waals surface area contributed by atoms with Gasteiger partial charge in [0.25, 0.3) is 0 Å². The van der Waals surface area contributed by atoms with Crippen LogP contribution < -0.4 is 0 Å². The van der Waals surface area contributed by atoms with Gasteiger partial charge in [-0.3, -0.25) is 9.59 Å². The Morgan fingerprint density at radius 3 is 0.719 bits per heavy atom. The first-order valence-corrected chi connectivity index (χ1v) is 12.0. The van der Waals surface area contributed by atoms with Crippen molar-refractivity contribution >= 4 is 11.6 Å². The van der Waals surface area contributed by atoms with E-state index in [-0.39, 0.29) is 33.2 Å². The molecule has 0 N–H and O–H groups in total. The Hall–Kier alpha value is -1.70. The highest BCUT2D eigenvalue weighted by Gasteiger charge is 2.50. The zero-order chi connectivity index (χ0) is 25.3. The van der Waals surface area contributed by atoms with Gasteiger partial charge in [-0.25, -0.2) is 0 Å². The Morgan fingerprint density at radius 2 is 0.594 bits per heavy atom. The SMILES string of the molecule is CC(C)(C)C1=CC(C)(C2(C)C=C(C(C)(C)C)C(=O)C(C(C)(C)C)=C2)C=C(C(C)(C)C)C1=O. The van der Waals surface area contributed by atoms with Gasteiger partial charge in [-0.2, -0.15) is 0 Å². The lowest BCUT2D eigenvalue weighted by molar-refractivity contribution is -0.115. The molecule has 0 spiro atoms. The van der Waals surface area contributed by atoms with Gasteiger partial charge < -0.3 is 0 Å². The van der Waals surface area contributed by atoms with E-state index >= 15 is 0 Å². The predicted octanol–water partition coefficient (Wildman–Crippen LogP) is 8.05. The lowest BCUT2D eigenvalue weighted by Crippen LogP contribution is -2.43. The van der Waals surface area contributed by atoms with Crippen LogP contribution in [0.3, 0.4) is 0 Å². The van der Waals surface area contributed by atoms with Crippen LogP contribution in [0.25, 0.3) is 0 Å². The summed E-state index contributed by atoms with van der Waals surface area (Å²) in [4.78, 5) is 27.1. The van der Waals surface area contributed by atoms with Crippen LogP contribution in [0.5, 0.6) is 0 Å². The molecule has 0 aromatic carbocycles. The Balaban J connectivity index is 2.96. The van der Waals surface area contributed by atoms with Crippen LogP contribution >= 0.6 is 0 Å². The third-order valence-corrected chi connectivity index (χ3v) is 7.15. The van der Waals surface area contributed by atoms with E-state index < -0.39 is 10.8 Å². The van der Waals surface area contributed by atoms with E-state index in [1.165, 1.54) is 0 Å². The fourth-order valence-electron chi connectivity index (χ4n) is 4.69. The minimum Gasteiger partial charge on any atom is -0.289 e. The second-order valence-electron chi connectivity index (χ2n) is 14.5. The van der Waals surface area contributed by atoms with Gasteiger partial charge in [-0.05, 0) is 21.7 Å². The molecule has 0 aliphatic heterocycles. The van der Waals surface area contributed by atoms with Gasteiger partial charge >= 0.3 is 0 Å². The summed E-state index contributed by atoms with van der Waals surface area (Å²) in [5.74, 6) is 0.302. The molecule has 178 valence electrons. The molecule has 0 saturated heterocycles. The molecule has 2 rings (SSSR count). The van der Waals surface area contributed by atoms with Gasteiger partial charge in [-0.1, -0.05) is 121 Å². The number of carbonyl (C=O) groups excluding carboxylic acids is 2. The molecule has 0 fully saturated rings. The van der Waals surface area contributed by atoms with Crippen molar-refractivity contribution in [2.24, 2.45) is 32.5 Å². The molecule has 2 heteroatoms. The van der Waals surface area contributed by atoms with Crippen LogP contribution in [0, 0.1) is 32.5 Å². The Morgan fingerprint density at radius 1 is 0.438 bits per heavy atom. The van der Waals surface area contributed by atoms with Crippen molar-refractivity contribution in [1.82, 2.24) is 0 Å². The largest absolute Gasteiger partial charge is 0.289 e. The third kappa shape index (κ3) is 4.66. The van der Waals surface area contributed by atoms with Gasteiger partial charge in [-0.15, -0.1) is 0 Å². The smallest absolute Gasteiger partial charge is 0.185 e. The molecule has 0 aromatic heterocycles. The monoisotopic (exact) mass is 438 g/mol. The van der Waals surface area contributed by atoms with Crippen LogP contribution in [-0.4, -0.2) is 11.6 Å². The van der Waals surface area contributed by atoms with Crippen molar-refractivity contribution in [3.63, 3.8) is 0 Å². The van der Waals surface area contributed by atoms with E-state index in [2.05, 4.69) is 121 Å². The minimum absolute atomic E-state index is 0.151. The van der Waals surface area contributed by atoms with E-state index in [1.807, 2.05) is 0 Å². The predicted molar refractivity (Wildman–Crippen MR) is 136 cm³/mol. The van der Waals surface area contributed by atoms with E-state index in [0.717, 1.165) is 22.3 Å². The summed E-state index contributed by atoms with van der Waals surface area (Å²) in [5.41, 5.74) is 1.50. The summed E-state index contributed by atoms with van der Waals surface area (Å²) < 4.78 is 0. The minimum atomic E-state index is -0.445. The fourth-order valence-corrected chi connectivity index (χ4v) is 4.69. The van der Waals surface area contributed by atoms with E-state index in [9.17, 15) is 9.59 Å². The number of allylic oxidation sites excluding steroid dienone is 8. The maximum Gasteiger partial charge on any atom is 0.185 e. The first-order chi connectivity index (χ1) is 13.9. The van der Waals surface area contributed by atoms with Crippen LogP contribution in [0.4, 0.5) is 0 Å². The molecule has 0 heterocycles. The van der Waals surface area contributed by atoms with Gasteiger partial charge in [0, 0.05) is 33.1 Å². The third-order valence-electron chi connectivity index (χ3n) is 7.15. The van der Waals surface area contributed by atoms with Crippen molar-refractivity contribution in [2.75, 3.05) is 0 Å². The molecular weight excluding hydrogens is 392 g/mol. The summed E-state index contributed by atoms with van der Waals surface area (Å²) in [6.07, 6.45) is 8.75. The van der Waals surface area contributed by atoms with Gasteiger partial charge in [0.05, 0.1) is 0 Å². The van der Waals surface area contributed by atoms with Crippen LogP contribution in [0.1, 0.15) is 96.9 Å². The highest BCUT2D eigenvalue weighted by atomic mass is 16.1. The van der Waals surface area contributed by atoms with E-state index in [4.69, 9.17) is 0 Å². The molecule has 2 aliphatic carbocycles. The molecule has 0 unspecified atom stereocenters. The maximum absolute atomic E-state index is 13.6. The topological polar surface area (TPSA) is 34.1 Å². The molecule has 0 atom stereocenters. The Labute approximate surface area is 197 Å². The van der Waals surface area contributed by atoms with Crippen LogP contribution in [0.2, 0.25) is 0 Å². The quantitative estimate of drug-likeness (QED) is 0.415. The lowest BCUT2D eigenvalue weighted by Gasteiger charge is -2.48. The van der Waals surface area contributed by atoms with E-state index in [1.54, 1.807) is 0 Å². The summed E-state index contributed by atoms with van der Waals surface area (Å²) >= 11 is 0. The highest BCUT2D eigenvalue weighted by molar-refractivity contribution is 6.12. The van der Waals surface area contributed by atoms with Crippen LogP contribution in [-0.2, 0) is 9.59 Å². The number of hydrogen-bond donors (Lipinski definition) is 0. The molecule has 32 heavy (non-hydrogen) atoms. The molecule has 2 aliphatic rings. The first-order valence-electron chi connectivity index (χ1n) is 12.0. The lowest BCUT2D eigenvalue weighted by atomic mass is 9.54. The summed E-state index contributed by atoms with van der Waals surface area (Å²) in [7, 11) is 0. The second-order valence-corrected chi connectivity index (χ2v) is 14.5. The first kappa shape index (κ1) is 26.6. The van der Waals surface area contributed by atoms with Gasteiger partial charge in [0.1, 0.15) is 0 Å². The summed E-state index contributed by atoms with van der Waals surface area (Å²) in [6.45, 7) is 29.8. The average Bonchev–Trinajstić information content (AvgIpc) is 2.54. The van der Waals surface area contributed by atoms with Crippen LogP contribution in [0.15, 0.2) is 46.6 Å². The van der Waals surface area contributed by atoms with Crippen molar-refractivity contribution < 1.29 is 9.59 Å². The fraction of sp³-hybridized carbons (Fsp3) is 0.667. The van der Waals surface area contributed by atoms with Crippen molar-refractivity contribution in [3.8, 4) is 0 Å². The Kier molecular flexibility index (Phi) is 6.14. The number of hydrogen-bond acceptors (Lipinski definition) is 2. The van der Waals surface area contributed by atoms with Crippen molar-refractivity contribution in [1.29, 1.82) is 0 Å². The molecular formula is C30H46O2. The molecule has 0 radical (unpaired) electrons. The van der Waals surface area contributed by atoms with E-state index in [0.29, 0.717) is 0 Å². The van der Waals surface area contributed by atoms with Gasteiger partial charge in [0.15, 0.2) is 11.6 Å². The average molecular weight is 439 g/mol. The molecule has 2 nitrogen and oxygen atoms in total. The normalized spacial score (nSPS) is 22.2. The molecule has 0 aromatic rings. The molecule has 0 bridgehead atoms. The summed E-state index contributed by atoms with van der Waals surface area (Å²) in [6, 6.07) is 0. The van der Waals surface area contributed by atoms with Crippen molar-refractivity contribution in [3.05, 3.63) is 46.6 Å². The molecule has 0 amide bonds. The molecule has 0 saturated carbocycles. The number of Topliss-reactive ketones (excluding diaryl/α,β-unsaturated/α-hetero) is 2. The standard InChI is InChI=1S/C30H46O2/c1-25(2,3)19-15-29(13,16-20(23(19)31)26(4,5)6)30(14)17-21(27(7,8)9)24(32)22(18-30)28(10,11)12/h15-18H,1-14H3. The Bertz CT molecular complexity index is 800. The number of ketones is 2. The zero-order valence-corrected chi connectivity index (χ0v) is 23.1.